The molecule has 6 heteroatoms. The van der Waals surface area contributed by atoms with E-state index < -0.39 is 6.10 Å². The normalized spacial score (nSPS) is 13.1. The van der Waals surface area contributed by atoms with E-state index in [1.54, 1.807) is 18.1 Å². The van der Waals surface area contributed by atoms with Crippen molar-refractivity contribution in [3.63, 3.8) is 0 Å². The molecule has 0 radical (unpaired) electrons. The van der Waals surface area contributed by atoms with Crippen LogP contribution in [0.4, 0.5) is 0 Å². The first-order valence-electron chi connectivity index (χ1n) is 4.44. The average molecular weight is 200 g/mol. The van der Waals surface area contributed by atoms with Crippen molar-refractivity contribution in [3.05, 3.63) is 12.2 Å². The van der Waals surface area contributed by atoms with Crippen LogP contribution < -0.4 is 5.32 Å². The molecule has 0 saturated heterocycles. The molecule has 80 valence electrons. The number of rotatable bonds is 6. The number of hydrogen-bond acceptors (Lipinski definition) is 5. The smallest absolute Gasteiger partial charge is 0.164 e. The minimum atomic E-state index is -0.483. The fourth-order valence-electron chi connectivity index (χ4n) is 1.07. The highest BCUT2D eigenvalue weighted by molar-refractivity contribution is 4.80. The highest BCUT2D eigenvalue weighted by Crippen LogP contribution is 1.87. The van der Waals surface area contributed by atoms with Crippen LogP contribution in [0.3, 0.4) is 0 Å². The van der Waals surface area contributed by atoms with E-state index in [4.69, 9.17) is 4.74 Å². The van der Waals surface area contributed by atoms with Crippen LogP contribution in [0, 0.1) is 0 Å². The zero-order chi connectivity index (χ0) is 10.4. The molecule has 1 aromatic heterocycles. The Morgan fingerprint density at radius 1 is 1.71 bits per heavy atom. The third-order valence-corrected chi connectivity index (χ3v) is 1.67. The van der Waals surface area contributed by atoms with E-state index in [0.29, 0.717) is 19.7 Å². The molecule has 6 nitrogen and oxygen atoms in total. The Bertz CT molecular complexity index is 264. The van der Waals surface area contributed by atoms with Gasteiger partial charge in [-0.1, -0.05) is 0 Å². The third-order valence-electron chi connectivity index (χ3n) is 1.67. The summed E-state index contributed by atoms with van der Waals surface area (Å²) in [6, 6.07) is 0. The van der Waals surface area contributed by atoms with Gasteiger partial charge in [0.15, 0.2) is 5.82 Å². The second kappa shape index (κ2) is 5.69. The van der Waals surface area contributed by atoms with Crippen molar-refractivity contribution >= 4 is 0 Å². The molecule has 1 unspecified atom stereocenters. The van der Waals surface area contributed by atoms with Crippen LogP contribution in [0.5, 0.6) is 0 Å². The van der Waals surface area contributed by atoms with Crippen LogP contribution in [-0.2, 0) is 18.3 Å². The number of nitrogens with one attached hydrogen (secondary N) is 1. The molecule has 1 aromatic rings. The Hall–Kier alpha value is -0.980. The molecule has 0 saturated carbocycles. The molecule has 1 heterocycles. The number of hydrogen-bond donors (Lipinski definition) is 2. The molecular formula is C8H16N4O2. The first kappa shape index (κ1) is 11.1. The maximum Gasteiger partial charge on any atom is 0.164 e. The van der Waals surface area contributed by atoms with Gasteiger partial charge in [-0.2, -0.15) is 5.10 Å². The van der Waals surface area contributed by atoms with Crippen molar-refractivity contribution in [3.8, 4) is 0 Å². The zero-order valence-corrected chi connectivity index (χ0v) is 8.47. The van der Waals surface area contributed by atoms with E-state index in [2.05, 4.69) is 15.4 Å². The summed E-state index contributed by atoms with van der Waals surface area (Å²) in [6.45, 7) is 1.37. The summed E-state index contributed by atoms with van der Waals surface area (Å²) in [5.74, 6) is 0.720. The van der Waals surface area contributed by atoms with Crippen molar-refractivity contribution in [2.75, 3.05) is 20.3 Å². The number of nitrogens with zero attached hydrogens (tertiary/aromatic N) is 3. The van der Waals surface area contributed by atoms with Gasteiger partial charge in [-0.3, -0.25) is 4.68 Å². The Balaban J connectivity index is 2.15. The summed E-state index contributed by atoms with van der Waals surface area (Å²) in [5, 5.41) is 16.4. The second-order valence-corrected chi connectivity index (χ2v) is 3.07. The highest BCUT2D eigenvalue weighted by atomic mass is 16.5. The van der Waals surface area contributed by atoms with E-state index in [-0.39, 0.29) is 0 Å². The fraction of sp³-hybridized carbons (Fsp3) is 0.750. The summed E-state index contributed by atoms with van der Waals surface area (Å²) in [5.41, 5.74) is 0. The van der Waals surface area contributed by atoms with E-state index in [1.807, 2.05) is 7.05 Å². The van der Waals surface area contributed by atoms with Crippen LogP contribution >= 0.6 is 0 Å². The largest absolute Gasteiger partial charge is 0.389 e. The number of methoxy groups -OCH3 is 1. The van der Waals surface area contributed by atoms with E-state index >= 15 is 0 Å². The van der Waals surface area contributed by atoms with Gasteiger partial charge in [0.05, 0.1) is 19.3 Å². The maximum absolute atomic E-state index is 9.30. The Morgan fingerprint density at radius 3 is 3.07 bits per heavy atom. The van der Waals surface area contributed by atoms with Crippen molar-refractivity contribution in [2.24, 2.45) is 7.05 Å². The van der Waals surface area contributed by atoms with Gasteiger partial charge in [-0.25, -0.2) is 4.98 Å². The number of aryl methyl sites for hydroxylation is 1. The standard InChI is InChI=1S/C8H16N4O2/c1-12-6-10-8(11-12)4-9-3-7(13)5-14-2/h6-7,9,13H,3-5H2,1-2H3. The van der Waals surface area contributed by atoms with Crippen molar-refractivity contribution < 1.29 is 9.84 Å². The lowest BCUT2D eigenvalue weighted by atomic mass is 10.4. The summed E-state index contributed by atoms with van der Waals surface area (Å²) in [4.78, 5) is 4.04. The molecule has 1 rings (SSSR count). The predicted molar refractivity (Wildman–Crippen MR) is 50.6 cm³/mol. The minimum Gasteiger partial charge on any atom is -0.389 e. The number of ether oxygens (including phenoxy) is 1. The van der Waals surface area contributed by atoms with Crippen LogP contribution in [0.25, 0.3) is 0 Å². The quantitative estimate of drug-likeness (QED) is 0.610. The third kappa shape index (κ3) is 3.82. The molecule has 14 heavy (non-hydrogen) atoms. The first-order valence-corrected chi connectivity index (χ1v) is 4.44. The highest BCUT2D eigenvalue weighted by Gasteiger charge is 2.03. The summed E-state index contributed by atoms with van der Waals surface area (Å²) < 4.78 is 6.43. The van der Waals surface area contributed by atoms with Gasteiger partial charge in [0.25, 0.3) is 0 Å². The molecule has 0 aliphatic carbocycles. The van der Waals surface area contributed by atoms with E-state index in [0.717, 1.165) is 5.82 Å². The maximum atomic E-state index is 9.30. The molecule has 0 aliphatic heterocycles. The van der Waals surface area contributed by atoms with Gasteiger partial charge >= 0.3 is 0 Å². The fourth-order valence-corrected chi connectivity index (χ4v) is 1.07. The predicted octanol–water partition coefficient (Wildman–Crippen LogP) is -1.09. The van der Waals surface area contributed by atoms with Gasteiger partial charge in [-0.05, 0) is 0 Å². The number of aliphatic hydroxyl groups excluding tert-OH is 1. The van der Waals surface area contributed by atoms with Crippen molar-refractivity contribution in [1.82, 2.24) is 20.1 Å². The zero-order valence-electron chi connectivity index (χ0n) is 8.47. The van der Waals surface area contributed by atoms with Gasteiger partial charge in [0.1, 0.15) is 6.33 Å². The molecule has 2 N–H and O–H groups in total. The molecule has 1 atom stereocenters. The Kier molecular flexibility index (Phi) is 4.51. The van der Waals surface area contributed by atoms with E-state index in [1.165, 1.54) is 0 Å². The van der Waals surface area contributed by atoms with Crippen LogP contribution in [0.2, 0.25) is 0 Å². The van der Waals surface area contributed by atoms with Gasteiger partial charge in [-0.15, -0.1) is 0 Å². The SMILES string of the molecule is COCC(O)CNCc1ncn(C)n1. The Morgan fingerprint density at radius 2 is 2.50 bits per heavy atom. The molecule has 0 fully saturated rings. The lowest BCUT2D eigenvalue weighted by Crippen LogP contribution is -2.30. The van der Waals surface area contributed by atoms with Gasteiger partial charge in [0.2, 0.25) is 0 Å². The second-order valence-electron chi connectivity index (χ2n) is 3.07. The number of aromatic nitrogens is 3. The molecule has 0 aliphatic rings. The Labute approximate surface area is 82.9 Å². The molecule has 0 spiro atoms. The lowest BCUT2D eigenvalue weighted by Gasteiger charge is -2.08. The molecule has 0 aromatic carbocycles. The molecule has 0 amide bonds. The summed E-state index contributed by atoms with van der Waals surface area (Å²) in [6.07, 6.45) is 1.16. The van der Waals surface area contributed by atoms with Gasteiger partial charge < -0.3 is 15.2 Å². The first-order chi connectivity index (χ1) is 6.72. The van der Waals surface area contributed by atoms with E-state index in [9.17, 15) is 5.11 Å². The van der Waals surface area contributed by atoms with Crippen LogP contribution in [0.15, 0.2) is 6.33 Å². The lowest BCUT2D eigenvalue weighted by molar-refractivity contribution is 0.0643. The molecule has 0 bridgehead atoms. The monoisotopic (exact) mass is 200 g/mol. The minimum absolute atomic E-state index is 0.336. The van der Waals surface area contributed by atoms with Crippen LogP contribution in [0.1, 0.15) is 5.82 Å². The summed E-state index contributed by atoms with van der Waals surface area (Å²) >= 11 is 0. The van der Waals surface area contributed by atoms with Crippen LogP contribution in [-0.4, -0.2) is 46.2 Å². The molecular weight excluding hydrogens is 184 g/mol. The topological polar surface area (TPSA) is 72.2 Å². The van der Waals surface area contributed by atoms with Gasteiger partial charge in [0, 0.05) is 20.7 Å². The summed E-state index contributed by atoms with van der Waals surface area (Å²) in [7, 11) is 3.37. The van der Waals surface area contributed by atoms with Crippen molar-refractivity contribution in [1.29, 1.82) is 0 Å². The van der Waals surface area contributed by atoms with Crippen molar-refractivity contribution in [2.45, 2.75) is 12.6 Å². The number of aliphatic hydroxyl groups is 1. The average Bonchev–Trinajstić information content (AvgIpc) is 2.52.